The molecular formula is C6H6ClO3P. The van der Waals surface area contributed by atoms with E-state index in [1.807, 2.05) is 0 Å². The first kappa shape index (κ1) is 10.6. The Morgan fingerprint density at radius 1 is 1.27 bits per heavy atom. The van der Waals surface area contributed by atoms with E-state index in [9.17, 15) is 4.57 Å². The van der Waals surface area contributed by atoms with Gasteiger partial charge in [-0.2, -0.15) is 0 Å². The smallest absolute Gasteiger partial charge is 0.284 e. The van der Waals surface area contributed by atoms with Crippen LogP contribution in [0.5, 0.6) is 0 Å². The van der Waals surface area contributed by atoms with Gasteiger partial charge in [0.25, 0.3) is 0 Å². The van der Waals surface area contributed by atoms with E-state index in [0.29, 0.717) is 0 Å². The highest BCUT2D eigenvalue weighted by atomic mass is 35.7. The summed E-state index contributed by atoms with van der Waals surface area (Å²) in [5, 5.41) is 0. The Balaban J connectivity index is 3.75. The summed E-state index contributed by atoms with van der Waals surface area (Å²) in [6.45, 7) is -3.86. The normalized spacial score (nSPS) is 10.1. The lowest BCUT2D eigenvalue weighted by Crippen LogP contribution is -1.91. The molecule has 0 amide bonds. The van der Waals surface area contributed by atoms with Crippen molar-refractivity contribution in [2.45, 2.75) is 0 Å². The molecule has 0 saturated heterocycles. The fourth-order valence-electron chi connectivity index (χ4n) is 0.266. The molecule has 0 aliphatic carbocycles. The van der Waals surface area contributed by atoms with E-state index in [4.69, 9.17) is 24.1 Å². The van der Waals surface area contributed by atoms with Crippen LogP contribution in [-0.2, 0) is 13.6 Å². The van der Waals surface area contributed by atoms with Gasteiger partial charge in [0.1, 0.15) is 13.2 Å². The topological polar surface area (TPSA) is 35.5 Å². The number of rotatable bonds is 4. The van der Waals surface area contributed by atoms with Crippen molar-refractivity contribution in [1.29, 1.82) is 0 Å². The largest absolute Gasteiger partial charge is 0.426 e. The van der Waals surface area contributed by atoms with Gasteiger partial charge in [-0.25, -0.2) is 4.57 Å². The van der Waals surface area contributed by atoms with Crippen LogP contribution in [0, 0.1) is 24.7 Å². The number of hydrogen-bond donors (Lipinski definition) is 0. The van der Waals surface area contributed by atoms with Gasteiger partial charge in [-0.1, -0.05) is 11.8 Å². The standard InChI is InChI=1S/C6H6ClO3P/c1-3-5-9-11(7,8)10-6-4-2/h1-2H,5-6H2. The molecule has 0 heterocycles. The zero-order valence-corrected chi connectivity index (χ0v) is 7.27. The second kappa shape index (κ2) is 5.24. The molecule has 0 rings (SSSR count). The number of hydrogen-bond acceptors (Lipinski definition) is 3. The highest BCUT2D eigenvalue weighted by Crippen LogP contribution is 2.53. The lowest BCUT2D eigenvalue weighted by Gasteiger charge is -2.06. The predicted molar refractivity (Wildman–Crippen MR) is 43.0 cm³/mol. The quantitative estimate of drug-likeness (QED) is 0.502. The minimum atomic E-state index is -3.54. The van der Waals surface area contributed by atoms with Gasteiger partial charge in [0.2, 0.25) is 0 Å². The Kier molecular flexibility index (Phi) is 5.03. The summed E-state index contributed by atoms with van der Waals surface area (Å²) in [5.41, 5.74) is 0. The van der Waals surface area contributed by atoms with E-state index in [2.05, 4.69) is 20.9 Å². The summed E-state index contributed by atoms with van der Waals surface area (Å²) in [4.78, 5) is 0. The van der Waals surface area contributed by atoms with Gasteiger partial charge >= 0.3 is 6.95 Å². The SMILES string of the molecule is C#CCOP(=O)(Cl)OCC#C. The molecule has 0 N–H and O–H groups in total. The van der Waals surface area contributed by atoms with E-state index < -0.39 is 6.95 Å². The average Bonchev–Trinajstić information content (AvgIpc) is 1.97. The van der Waals surface area contributed by atoms with Crippen molar-refractivity contribution >= 4 is 18.2 Å². The lowest BCUT2D eigenvalue weighted by atomic mass is 10.8. The van der Waals surface area contributed by atoms with Crippen LogP contribution in [0.2, 0.25) is 0 Å². The van der Waals surface area contributed by atoms with Crippen LogP contribution >= 0.6 is 18.2 Å². The van der Waals surface area contributed by atoms with Gasteiger partial charge in [-0.3, -0.25) is 9.05 Å². The summed E-state index contributed by atoms with van der Waals surface area (Å²) < 4.78 is 19.8. The monoisotopic (exact) mass is 192 g/mol. The zero-order chi connectivity index (χ0) is 8.74. The van der Waals surface area contributed by atoms with Crippen LogP contribution < -0.4 is 0 Å². The Morgan fingerprint density at radius 3 is 1.91 bits per heavy atom. The highest BCUT2D eigenvalue weighted by molar-refractivity contribution is 7.81. The van der Waals surface area contributed by atoms with Crippen molar-refractivity contribution in [3.63, 3.8) is 0 Å². The van der Waals surface area contributed by atoms with Crippen molar-refractivity contribution in [2.24, 2.45) is 0 Å². The average molecular weight is 193 g/mol. The van der Waals surface area contributed by atoms with E-state index in [0.717, 1.165) is 0 Å². The van der Waals surface area contributed by atoms with Crippen molar-refractivity contribution in [2.75, 3.05) is 13.2 Å². The Morgan fingerprint density at radius 2 is 1.64 bits per heavy atom. The lowest BCUT2D eigenvalue weighted by molar-refractivity contribution is 0.258. The third-order valence-corrected chi connectivity index (χ3v) is 2.06. The maximum atomic E-state index is 10.9. The summed E-state index contributed by atoms with van der Waals surface area (Å²) in [7, 11) is 0. The molecule has 60 valence electrons. The third-order valence-electron chi connectivity index (χ3n) is 0.604. The molecule has 3 nitrogen and oxygen atoms in total. The van der Waals surface area contributed by atoms with E-state index in [1.54, 1.807) is 0 Å². The first-order chi connectivity index (χ1) is 5.12. The second-order valence-electron chi connectivity index (χ2n) is 1.39. The molecule has 0 saturated carbocycles. The van der Waals surface area contributed by atoms with Crippen LogP contribution in [0.4, 0.5) is 0 Å². The Bertz CT molecular complexity index is 215. The molecule has 0 spiro atoms. The van der Waals surface area contributed by atoms with Crippen LogP contribution in [-0.4, -0.2) is 13.2 Å². The molecule has 0 fully saturated rings. The Hall–Kier alpha value is -0.440. The maximum absolute atomic E-state index is 10.9. The van der Waals surface area contributed by atoms with Crippen LogP contribution in [0.3, 0.4) is 0 Å². The number of halogens is 1. The summed E-state index contributed by atoms with van der Waals surface area (Å²) in [6.07, 6.45) is 9.63. The van der Waals surface area contributed by atoms with Crippen LogP contribution in [0.15, 0.2) is 0 Å². The van der Waals surface area contributed by atoms with Crippen molar-refractivity contribution in [3.8, 4) is 24.7 Å². The minimum Gasteiger partial charge on any atom is -0.284 e. The molecular weight excluding hydrogens is 186 g/mol. The number of terminal acetylenes is 2. The highest BCUT2D eigenvalue weighted by Gasteiger charge is 2.18. The summed E-state index contributed by atoms with van der Waals surface area (Å²) in [5.74, 6) is 4.18. The Labute approximate surface area is 70.3 Å². The maximum Gasteiger partial charge on any atom is 0.426 e. The predicted octanol–water partition coefficient (Wildman–Crippen LogP) is 1.63. The molecule has 0 aromatic heterocycles. The van der Waals surface area contributed by atoms with E-state index in [1.165, 1.54) is 0 Å². The second-order valence-corrected chi connectivity index (χ2v) is 4.01. The first-order valence-electron chi connectivity index (χ1n) is 2.58. The molecule has 0 aromatic carbocycles. The molecule has 0 atom stereocenters. The van der Waals surface area contributed by atoms with Gasteiger partial charge in [-0.15, -0.1) is 12.8 Å². The van der Waals surface area contributed by atoms with Crippen molar-refractivity contribution < 1.29 is 13.6 Å². The molecule has 0 aromatic rings. The van der Waals surface area contributed by atoms with Gasteiger partial charge in [0, 0.05) is 11.2 Å². The molecule has 0 radical (unpaired) electrons. The summed E-state index contributed by atoms with van der Waals surface area (Å²) in [6, 6.07) is 0. The summed E-state index contributed by atoms with van der Waals surface area (Å²) >= 11 is 5.21. The third kappa shape index (κ3) is 5.98. The van der Waals surface area contributed by atoms with Gasteiger partial charge < -0.3 is 0 Å². The molecule has 11 heavy (non-hydrogen) atoms. The molecule has 0 aliphatic heterocycles. The van der Waals surface area contributed by atoms with E-state index in [-0.39, 0.29) is 13.2 Å². The van der Waals surface area contributed by atoms with Crippen molar-refractivity contribution in [3.05, 3.63) is 0 Å². The van der Waals surface area contributed by atoms with Crippen LogP contribution in [0.1, 0.15) is 0 Å². The van der Waals surface area contributed by atoms with Gasteiger partial charge in [0.05, 0.1) is 0 Å². The molecule has 0 bridgehead atoms. The minimum absolute atomic E-state index is 0.161. The van der Waals surface area contributed by atoms with Crippen LogP contribution in [0.25, 0.3) is 0 Å². The fourth-order valence-corrected chi connectivity index (χ4v) is 1.09. The van der Waals surface area contributed by atoms with Crippen molar-refractivity contribution in [1.82, 2.24) is 0 Å². The van der Waals surface area contributed by atoms with E-state index >= 15 is 0 Å². The molecule has 0 unspecified atom stereocenters. The zero-order valence-electron chi connectivity index (χ0n) is 5.62. The molecule has 0 aliphatic rings. The fraction of sp³-hybridized carbons (Fsp3) is 0.333. The van der Waals surface area contributed by atoms with Gasteiger partial charge in [0.15, 0.2) is 0 Å². The van der Waals surface area contributed by atoms with Gasteiger partial charge in [-0.05, 0) is 0 Å². The first-order valence-corrected chi connectivity index (χ1v) is 5.03. The molecule has 5 heteroatoms.